The van der Waals surface area contributed by atoms with Gasteiger partial charge in [0.15, 0.2) is 0 Å². The smallest absolute Gasteiger partial charge is 0.0408 e. The largest absolute Gasteiger partial charge is 0.326 e. The molecule has 100 valence electrons. The van der Waals surface area contributed by atoms with Crippen LogP contribution in [0.25, 0.3) is 0 Å². The lowest BCUT2D eigenvalue weighted by molar-refractivity contribution is 0.916. The molecule has 2 aromatic carbocycles. The van der Waals surface area contributed by atoms with Crippen molar-refractivity contribution < 1.29 is 0 Å². The molecule has 0 spiro atoms. The third kappa shape index (κ3) is 3.82. The van der Waals surface area contributed by atoms with E-state index in [1.54, 1.807) is 0 Å². The van der Waals surface area contributed by atoms with Crippen LogP contribution < -0.4 is 5.73 Å². The van der Waals surface area contributed by atoms with Crippen molar-refractivity contribution in [2.45, 2.75) is 32.7 Å². The Balaban J connectivity index is 2.11. The van der Waals surface area contributed by atoms with E-state index in [0.717, 1.165) is 24.3 Å². The summed E-state index contributed by atoms with van der Waals surface area (Å²) in [6, 6.07) is 14.7. The average Bonchev–Trinajstić information content (AvgIpc) is 2.45. The summed E-state index contributed by atoms with van der Waals surface area (Å²) >= 11 is 6.00. The summed E-state index contributed by atoms with van der Waals surface area (Å²) in [5.74, 6) is 0. The van der Waals surface area contributed by atoms with Gasteiger partial charge >= 0.3 is 0 Å². The molecule has 2 rings (SSSR count). The number of aryl methyl sites for hydroxylation is 3. The number of nitrogens with two attached hydrogens (primary N) is 1. The monoisotopic (exact) mass is 273 g/mol. The molecule has 19 heavy (non-hydrogen) atoms. The molecule has 0 aliphatic rings. The van der Waals surface area contributed by atoms with E-state index in [1.165, 1.54) is 22.3 Å². The van der Waals surface area contributed by atoms with Crippen molar-refractivity contribution in [3.8, 4) is 0 Å². The molecule has 0 aliphatic carbocycles. The van der Waals surface area contributed by atoms with Gasteiger partial charge in [-0.2, -0.15) is 0 Å². The molecule has 0 bridgehead atoms. The summed E-state index contributed by atoms with van der Waals surface area (Å²) in [5, 5.41) is 0.804. The molecule has 2 heteroatoms. The molecule has 0 saturated carbocycles. The molecule has 0 amide bonds. The molecule has 0 heterocycles. The summed E-state index contributed by atoms with van der Waals surface area (Å²) in [5.41, 5.74) is 11.1. The number of halogens is 1. The maximum atomic E-state index is 6.00. The molecule has 0 atom stereocenters. The predicted octanol–water partition coefficient (Wildman–Crippen LogP) is 4.15. The zero-order valence-electron chi connectivity index (χ0n) is 11.3. The second kappa shape index (κ2) is 6.74. The van der Waals surface area contributed by atoms with Crippen molar-refractivity contribution in [3.05, 3.63) is 69.7 Å². The predicted molar refractivity (Wildman–Crippen MR) is 82.6 cm³/mol. The maximum absolute atomic E-state index is 6.00. The van der Waals surface area contributed by atoms with Gasteiger partial charge in [-0.25, -0.2) is 0 Å². The highest BCUT2D eigenvalue weighted by atomic mass is 35.5. The van der Waals surface area contributed by atoms with Gasteiger partial charge in [0.2, 0.25) is 0 Å². The van der Waals surface area contributed by atoms with Crippen LogP contribution in [0, 0.1) is 0 Å². The Hall–Kier alpha value is -1.31. The molecule has 0 radical (unpaired) electrons. The second-order valence-electron chi connectivity index (χ2n) is 4.79. The Morgan fingerprint density at radius 1 is 0.947 bits per heavy atom. The van der Waals surface area contributed by atoms with Crippen molar-refractivity contribution in [2.24, 2.45) is 5.73 Å². The van der Waals surface area contributed by atoms with E-state index < -0.39 is 0 Å². The van der Waals surface area contributed by atoms with Crippen LogP contribution in [0.15, 0.2) is 42.5 Å². The van der Waals surface area contributed by atoms with Crippen LogP contribution in [0.2, 0.25) is 5.02 Å². The number of rotatable bonds is 5. The van der Waals surface area contributed by atoms with Crippen molar-refractivity contribution in [3.63, 3.8) is 0 Å². The van der Waals surface area contributed by atoms with Gasteiger partial charge in [-0.3, -0.25) is 0 Å². The minimum absolute atomic E-state index is 0.610. The fourth-order valence-corrected chi connectivity index (χ4v) is 2.52. The number of benzene rings is 2. The lowest BCUT2D eigenvalue weighted by Gasteiger charge is -2.10. The minimum Gasteiger partial charge on any atom is -0.326 e. The fourth-order valence-electron chi connectivity index (χ4n) is 2.30. The Morgan fingerprint density at radius 2 is 1.79 bits per heavy atom. The number of hydrogen-bond donors (Lipinski definition) is 1. The highest BCUT2D eigenvalue weighted by Crippen LogP contribution is 2.17. The van der Waals surface area contributed by atoms with Crippen LogP contribution in [-0.2, 0) is 25.8 Å². The van der Waals surface area contributed by atoms with Crippen LogP contribution in [0.5, 0.6) is 0 Å². The Morgan fingerprint density at radius 3 is 2.47 bits per heavy atom. The summed E-state index contributed by atoms with van der Waals surface area (Å²) in [6.07, 6.45) is 3.07. The quantitative estimate of drug-likeness (QED) is 0.870. The molecule has 1 nitrogen and oxygen atoms in total. The Labute approximate surface area is 120 Å². The van der Waals surface area contributed by atoms with E-state index in [9.17, 15) is 0 Å². The molecule has 0 aromatic heterocycles. The summed E-state index contributed by atoms with van der Waals surface area (Å²) in [6.45, 7) is 2.78. The van der Waals surface area contributed by atoms with Gasteiger partial charge in [-0.05, 0) is 53.6 Å². The van der Waals surface area contributed by atoms with Gasteiger partial charge in [0.25, 0.3) is 0 Å². The van der Waals surface area contributed by atoms with Gasteiger partial charge in [0.1, 0.15) is 0 Å². The first-order chi connectivity index (χ1) is 9.22. The zero-order valence-corrected chi connectivity index (χ0v) is 12.1. The van der Waals surface area contributed by atoms with Gasteiger partial charge < -0.3 is 5.73 Å². The van der Waals surface area contributed by atoms with Crippen LogP contribution in [0.4, 0.5) is 0 Å². The fraction of sp³-hybridized carbons (Fsp3) is 0.294. The van der Waals surface area contributed by atoms with Gasteiger partial charge in [0, 0.05) is 11.6 Å². The van der Waals surface area contributed by atoms with E-state index in [0.29, 0.717) is 6.54 Å². The average molecular weight is 274 g/mol. The maximum Gasteiger partial charge on any atom is 0.0408 e. The molecule has 0 fully saturated rings. The van der Waals surface area contributed by atoms with Crippen molar-refractivity contribution in [2.75, 3.05) is 0 Å². The summed E-state index contributed by atoms with van der Waals surface area (Å²) in [7, 11) is 0. The topological polar surface area (TPSA) is 26.0 Å². The standard InChI is InChI=1S/C17H20ClN/c1-2-13-6-8-15(16(10-13)12-19)9-7-14-4-3-5-17(18)11-14/h3-6,8,10-11H,2,7,9,12,19H2,1H3. The second-order valence-corrected chi connectivity index (χ2v) is 5.23. The SMILES string of the molecule is CCc1ccc(CCc2cccc(Cl)c2)c(CN)c1. The van der Waals surface area contributed by atoms with E-state index in [1.807, 2.05) is 18.2 Å². The first-order valence-electron chi connectivity index (χ1n) is 6.78. The van der Waals surface area contributed by atoms with Crippen LogP contribution in [-0.4, -0.2) is 0 Å². The molecular formula is C17H20ClN. The Kier molecular flexibility index (Phi) is 5.00. The number of hydrogen-bond acceptors (Lipinski definition) is 1. The molecule has 0 saturated heterocycles. The Bertz CT molecular complexity index is 549. The van der Waals surface area contributed by atoms with Gasteiger partial charge in [-0.1, -0.05) is 48.9 Å². The zero-order chi connectivity index (χ0) is 13.7. The van der Waals surface area contributed by atoms with E-state index in [2.05, 4.69) is 31.2 Å². The first kappa shape index (κ1) is 14.1. The van der Waals surface area contributed by atoms with Crippen molar-refractivity contribution in [1.29, 1.82) is 0 Å². The third-order valence-electron chi connectivity index (χ3n) is 3.47. The van der Waals surface area contributed by atoms with Crippen LogP contribution in [0.3, 0.4) is 0 Å². The van der Waals surface area contributed by atoms with Crippen LogP contribution in [0.1, 0.15) is 29.2 Å². The lowest BCUT2D eigenvalue weighted by atomic mass is 9.97. The van der Waals surface area contributed by atoms with Crippen molar-refractivity contribution >= 4 is 11.6 Å². The third-order valence-corrected chi connectivity index (χ3v) is 3.71. The van der Waals surface area contributed by atoms with E-state index in [4.69, 9.17) is 17.3 Å². The lowest BCUT2D eigenvalue weighted by Crippen LogP contribution is -2.04. The van der Waals surface area contributed by atoms with Gasteiger partial charge in [0.05, 0.1) is 0 Å². The van der Waals surface area contributed by atoms with Crippen molar-refractivity contribution in [1.82, 2.24) is 0 Å². The van der Waals surface area contributed by atoms with Gasteiger partial charge in [-0.15, -0.1) is 0 Å². The highest BCUT2D eigenvalue weighted by molar-refractivity contribution is 6.30. The van der Waals surface area contributed by atoms with E-state index in [-0.39, 0.29) is 0 Å². The molecule has 2 aromatic rings. The normalized spacial score (nSPS) is 10.7. The van der Waals surface area contributed by atoms with E-state index >= 15 is 0 Å². The molecular weight excluding hydrogens is 254 g/mol. The first-order valence-corrected chi connectivity index (χ1v) is 7.16. The summed E-state index contributed by atoms with van der Waals surface area (Å²) in [4.78, 5) is 0. The van der Waals surface area contributed by atoms with Crippen LogP contribution >= 0.6 is 11.6 Å². The molecule has 2 N–H and O–H groups in total. The molecule has 0 unspecified atom stereocenters. The highest BCUT2D eigenvalue weighted by Gasteiger charge is 2.03. The summed E-state index contributed by atoms with van der Waals surface area (Å²) < 4.78 is 0. The minimum atomic E-state index is 0.610. The molecule has 0 aliphatic heterocycles.